The largest absolute Gasteiger partial charge is 0.454 e. The predicted molar refractivity (Wildman–Crippen MR) is 52.2 cm³/mol. The molecule has 0 unspecified atom stereocenters. The van der Waals surface area contributed by atoms with Crippen molar-refractivity contribution in [3.63, 3.8) is 0 Å². The van der Waals surface area contributed by atoms with Gasteiger partial charge in [0.2, 0.25) is 0 Å². The Morgan fingerprint density at radius 3 is 2.50 bits per heavy atom. The second-order valence-electron chi connectivity index (χ2n) is 3.48. The molecule has 0 aliphatic heterocycles. The van der Waals surface area contributed by atoms with Gasteiger partial charge in [-0.25, -0.2) is 0 Å². The second-order valence-corrected chi connectivity index (χ2v) is 4.26. The molecule has 1 fully saturated rings. The minimum absolute atomic E-state index is 0.685. The van der Waals surface area contributed by atoms with Gasteiger partial charge in [-0.3, -0.25) is 0 Å². The SMILES string of the molecule is Brc1ccc(C2CCCCC2)o1. The lowest BCUT2D eigenvalue weighted by Gasteiger charge is -2.18. The second kappa shape index (κ2) is 3.65. The van der Waals surface area contributed by atoms with Gasteiger partial charge < -0.3 is 4.42 Å². The third-order valence-corrected chi connectivity index (χ3v) is 3.03. The first-order valence-electron chi connectivity index (χ1n) is 4.61. The fraction of sp³-hybridized carbons (Fsp3) is 0.600. The molecule has 1 nitrogen and oxygen atoms in total. The molecule has 12 heavy (non-hydrogen) atoms. The van der Waals surface area contributed by atoms with Gasteiger partial charge >= 0.3 is 0 Å². The van der Waals surface area contributed by atoms with E-state index >= 15 is 0 Å². The summed E-state index contributed by atoms with van der Waals surface area (Å²) in [5, 5.41) is 0. The molecule has 1 aliphatic carbocycles. The molecule has 0 spiro atoms. The van der Waals surface area contributed by atoms with Gasteiger partial charge in [-0.05, 0) is 40.9 Å². The van der Waals surface area contributed by atoms with E-state index in [2.05, 4.69) is 22.0 Å². The number of furan rings is 1. The van der Waals surface area contributed by atoms with E-state index in [9.17, 15) is 0 Å². The predicted octanol–water partition coefficient (Wildman–Crippen LogP) is 4.09. The first-order valence-corrected chi connectivity index (χ1v) is 5.41. The summed E-state index contributed by atoms with van der Waals surface area (Å²) in [6.45, 7) is 0. The van der Waals surface area contributed by atoms with Crippen LogP contribution in [0.5, 0.6) is 0 Å². The van der Waals surface area contributed by atoms with Crippen molar-refractivity contribution in [3.05, 3.63) is 22.6 Å². The zero-order valence-electron chi connectivity index (χ0n) is 7.05. The Morgan fingerprint density at radius 1 is 1.17 bits per heavy atom. The Bertz CT molecular complexity index is 248. The third-order valence-electron chi connectivity index (χ3n) is 2.60. The van der Waals surface area contributed by atoms with Crippen LogP contribution < -0.4 is 0 Å². The average Bonchev–Trinajstić information content (AvgIpc) is 2.54. The van der Waals surface area contributed by atoms with Crippen LogP contribution in [-0.2, 0) is 0 Å². The van der Waals surface area contributed by atoms with Gasteiger partial charge in [-0.2, -0.15) is 0 Å². The molecule has 1 heterocycles. The molecule has 66 valence electrons. The van der Waals surface area contributed by atoms with E-state index in [1.165, 1.54) is 37.9 Å². The highest BCUT2D eigenvalue weighted by atomic mass is 79.9. The molecular formula is C10H13BrO. The first-order chi connectivity index (χ1) is 5.86. The summed E-state index contributed by atoms with van der Waals surface area (Å²) in [5.41, 5.74) is 0. The van der Waals surface area contributed by atoms with Crippen LogP contribution in [0.4, 0.5) is 0 Å². The maximum Gasteiger partial charge on any atom is 0.169 e. The van der Waals surface area contributed by atoms with Crippen molar-refractivity contribution in [2.45, 2.75) is 38.0 Å². The number of rotatable bonds is 1. The van der Waals surface area contributed by atoms with E-state index in [1.807, 2.05) is 6.07 Å². The Balaban J connectivity index is 2.08. The minimum atomic E-state index is 0.685. The topological polar surface area (TPSA) is 13.1 Å². The van der Waals surface area contributed by atoms with Crippen molar-refractivity contribution in [1.29, 1.82) is 0 Å². The van der Waals surface area contributed by atoms with Gasteiger partial charge in [-0.1, -0.05) is 19.3 Å². The van der Waals surface area contributed by atoms with Crippen molar-refractivity contribution in [2.24, 2.45) is 0 Å². The standard InChI is InChI=1S/C10H13BrO/c11-10-7-6-9(12-10)8-4-2-1-3-5-8/h6-8H,1-5H2. The average molecular weight is 229 g/mol. The van der Waals surface area contributed by atoms with Crippen LogP contribution in [-0.4, -0.2) is 0 Å². The van der Waals surface area contributed by atoms with Crippen LogP contribution in [0.2, 0.25) is 0 Å². The van der Waals surface area contributed by atoms with Gasteiger partial charge in [0.25, 0.3) is 0 Å². The zero-order chi connectivity index (χ0) is 8.39. The van der Waals surface area contributed by atoms with E-state index in [4.69, 9.17) is 4.42 Å². The smallest absolute Gasteiger partial charge is 0.169 e. The third kappa shape index (κ3) is 1.74. The number of hydrogen-bond acceptors (Lipinski definition) is 1. The van der Waals surface area contributed by atoms with Gasteiger partial charge in [-0.15, -0.1) is 0 Å². The molecule has 1 aromatic heterocycles. The monoisotopic (exact) mass is 228 g/mol. The van der Waals surface area contributed by atoms with Crippen LogP contribution in [0.15, 0.2) is 21.2 Å². The van der Waals surface area contributed by atoms with Crippen LogP contribution in [0.1, 0.15) is 43.8 Å². The van der Waals surface area contributed by atoms with Crippen LogP contribution in [0, 0.1) is 0 Å². The molecule has 0 bridgehead atoms. The molecule has 2 rings (SSSR count). The Morgan fingerprint density at radius 2 is 1.92 bits per heavy atom. The van der Waals surface area contributed by atoms with Gasteiger partial charge in [0.05, 0.1) is 0 Å². The fourth-order valence-corrected chi connectivity index (χ4v) is 2.25. The molecule has 1 saturated carbocycles. The van der Waals surface area contributed by atoms with E-state index in [0.29, 0.717) is 5.92 Å². The lowest BCUT2D eigenvalue weighted by molar-refractivity contribution is 0.368. The van der Waals surface area contributed by atoms with Crippen LogP contribution in [0.25, 0.3) is 0 Å². The molecule has 1 aliphatic rings. The summed E-state index contributed by atoms with van der Waals surface area (Å²) < 4.78 is 6.40. The molecule has 0 N–H and O–H groups in total. The molecule has 0 atom stereocenters. The van der Waals surface area contributed by atoms with Gasteiger partial charge in [0.1, 0.15) is 5.76 Å². The highest BCUT2D eigenvalue weighted by Crippen LogP contribution is 2.34. The fourth-order valence-electron chi connectivity index (χ4n) is 1.93. The summed E-state index contributed by atoms with van der Waals surface area (Å²) in [6, 6.07) is 4.09. The summed E-state index contributed by atoms with van der Waals surface area (Å²) in [4.78, 5) is 0. The van der Waals surface area contributed by atoms with Gasteiger partial charge in [0, 0.05) is 5.92 Å². The number of hydrogen-bond donors (Lipinski definition) is 0. The summed E-state index contributed by atoms with van der Waals surface area (Å²) in [5.74, 6) is 1.85. The number of halogens is 1. The van der Waals surface area contributed by atoms with Crippen molar-refractivity contribution in [1.82, 2.24) is 0 Å². The van der Waals surface area contributed by atoms with E-state index in [1.54, 1.807) is 0 Å². The highest BCUT2D eigenvalue weighted by Gasteiger charge is 2.17. The van der Waals surface area contributed by atoms with Crippen molar-refractivity contribution in [2.75, 3.05) is 0 Å². The maximum atomic E-state index is 5.54. The molecule has 0 amide bonds. The summed E-state index contributed by atoms with van der Waals surface area (Å²) in [7, 11) is 0. The Kier molecular flexibility index (Phi) is 2.54. The quantitative estimate of drug-likeness (QED) is 0.706. The maximum absolute atomic E-state index is 5.54. The highest BCUT2D eigenvalue weighted by molar-refractivity contribution is 9.10. The molecule has 0 aromatic carbocycles. The normalized spacial score (nSPS) is 19.8. The van der Waals surface area contributed by atoms with Crippen molar-refractivity contribution < 1.29 is 4.42 Å². The molecule has 2 heteroatoms. The van der Waals surface area contributed by atoms with Gasteiger partial charge in [0.15, 0.2) is 4.67 Å². The van der Waals surface area contributed by atoms with E-state index in [-0.39, 0.29) is 0 Å². The Hall–Kier alpha value is -0.240. The molecule has 1 aromatic rings. The first kappa shape index (κ1) is 8.36. The van der Waals surface area contributed by atoms with Crippen LogP contribution in [0.3, 0.4) is 0 Å². The molecule has 0 radical (unpaired) electrons. The van der Waals surface area contributed by atoms with Crippen molar-refractivity contribution >= 4 is 15.9 Å². The van der Waals surface area contributed by atoms with Crippen molar-refractivity contribution in [3.8, 4) is 0 Å². The summed E-state index contributed by atoms with van der Waals surface area (Å²) in [6.07, 6.45) is 6.74. The van der Waals surface area contributed by atoms with Crippen LogP contribution >= 0.6 is 15.9 Å². The lowest BCUT2D eigenvalue weighted by atomic mass is 9.88. The zero-order valence-corrected chi connectivity index (χ0v) is 8.64. The van der Waals surface area contributed by atoms with E-state index in [0.717, 1.165) is 4.67 Å². The summed E-state index contributed by atoms with van der Waals surface area (Å²) >= 11 is 3.33. The molecular weight excluding hydrogens is 216 g/mol. The van der Waals surface area contributed by atoms with E-state index < -0.39 is 0 Å². The molecule has 0 saturated heterocycles. The Labute approximate surface area is 81.3 Å². The lowest BCUT2D eigenvalue weighted by Crippen LogP contribution is -2.02. The minimum Gasteiger partial charge on any atom is -0.454 e.